The summed E-state index contributed by atoms with van der Waals surface area (Å²) >= 11 is 0. The Morgan fingerprint density at radius 2 is 1.90 bits per heavy atom. The average molecular weight is 442 g/mol. The molecular weight excluding hydrogens is 410 g/mol. The number of benzene rings is 1. The van der Waals surface area contributed by atoms with Crippen LogP contribution in [0.4, 0.5) is 5.69 Å². The highest BCUT2D eigenvalue weighted by Crippen LogP contribution is 2.30. The summed E-state index contributed by atoms with van der Waals surface area (Å²) in [6, 6.07) is 4.55. The molecule has 168 valence electrons. The number of sulfonamides is 1. The number of carbonyl (C=O) groups excluding carboxylic acids is 1. The number of aliphatic hydroxyl groups is 1. The number of likely N-dealkylation sites (tertiary alicyclic amines) is 1. The van der Waals surface area contributed by atoms with Gasteiger partial charge >= 0.3 is 0 Å². The van der Waals surface area contributed by atoms with Gasteiger partial charge in [-0.3, -0.25) is 9.69 Å². The zero-order valence-corrected chi connectivity index (χ0v) is 18.4. The molecule has 30 heavy (non-hydrogen) atoms. The van der Waals surface area contributed by atoms with E-state index in [9.17, 15) is 18.3 Å². The molecule has 0 atom stereocenters. The summed E-state index contributed by atoms with van der Waals surface area (Å²) in [6.45, 7) is 6.53. The van der Waals surface area contributed by atoms with Gasteiger partial charge in [-0.15, -0.1) is 0 Å². The lowest BCUT2D eigenvalue weighted by Crippen LogP contribution is -2.41. The smallest absolute Gasteiger partial charge is 0.243 e. The fraction of sp³-hybridized carbons (Fsp3) is 0.650. The van der Waals surface area contributed by atoms with E-state index in [4.69, 9.17) is 9.47 Å². The van der Waals surface area contributed by atoms with Gasteiger partial charge in [-0.2, -0.15) is 4.31 Å². The van der Waals surface area contributed by atoms with Crippen LogP contribution < -0.4 is 10.1 Å². The molecule has 1 aromatic rings. The number of carbonyl (C=O) groups is 1. The van der Waals surface area contributed by atoms with Gasteiger partial charge in [0, 0.05) is 26.2 Å². The quantitative estimate of drug-likeness (QED) is 0.647. The summed E-state index contributed by atoms with van der Waals surface area (Å²) in [5, 5.41) is 12.4. The third-order valence-corrected chi connectivity index (χ3v) is 7.01. The summed E-state index contributed by atoms with van der Waals surface area (Å²) in [6.07, 6.45) is 0.841. The SMILES string of the molecule is CC(C)Oc1ccc(S(=O)(=O)N2CCOCC2)cc1NC(=O)CN1CCC(O)CC1. The van der Waals surface area contributed by atoms with Gasteiger partial charge in [-0.05, 0) is 44.9 Å². The van der Waals surface area contributed by atoms with Gasteiger partial charge in [0.05, 0.1) is 42.5 Å². The molecule has 0 spiro atoms. The van der Waals surface area contributed by atoms with E-state index in [2.05, 4.69) is 5.32 Å². The topological polar surface area (TPSA) is 108 Å². The maximum absolute atomic E-state index is 13.0. The van der Waals surface area contributed by atoms with E-state index in [1.165, 1.54) is 16.4 Å². The number of morpholine rings is 1. The van der Waals surface area contributed by atoms with Crippen LogP contribution in [0.3, 0.4) is 0 Å². The van der Waals surface area contributed by atoms with E-state index in [0.717, 1.165) is 0 Å². The molecule has 2 saturated heterocycles. The first kappa shape index (κ1) is 23.0. The third-order valence-electron chi connectivity index (χ3n) is 5.12. The zero-order chi connectivity index (χ0) is 21.7. The number of aliphatic hydroxyl groups excluding tert-OH is 1. The van der Waals surface area contributed by atoms with Crippen molar-refractivity contribution in [1.82, 2.24) is 9.21 Å². The third kappa shape index (κ3) is 5.92. The van der Waals surface area contributed by atoms with E-state index >= 15 is 0 Å². The highest BCUT2D eigenvalue weighted by atomic mass is 32.2. The van der Waals surface area contributed by atoms with Gasteiger partial charge in [0.25, 0.3) is 0 Å². The van der Waals surface area contributed by atoms with Crippen molar-refractivity contribution in [3.8, 4) is 5.75 Å². The monoisotopic (exact) mass is 441 g/mol. The Kier molecular flexibility index (Phi) is 7.70. The molecule has 0 bridgehead atoms. The Balaban J connectivity index is 1.78. The van der Waals surface area contributed by atoms with Crippen molar-refractivity contribution < 1.29 is 27.8 Å². The first-order valence-corrected chi connectivity index (χ1v) is 11.8. The normalized spacial score (nSPS) is 19.7. The van der Waals surface area contributed by atoms with Crippen molar-refractivity contribution in [3.05, 3.63) is 18.2 Å². The number of rotatable bonds is 7. The minimum absolute atomic E-state index is 0.108. The van der Waals surface area contributed by atoms with Crippen molar-refractivity contribution in [1.29, 1.82) is 0 Å². The van der Waals surface area contributed by atoms with Crippen LogP contribution >= 0.6 is 0 Å². The second kappa shape index (κ2) is 10.1. The predicted molar refractivity (Wildman–Crippen MR) is 112 cm³/mol. The Bertz CT molecular complexity index is 831. The fourth-order valence-corrected chi connectivity index (χ4v) is 4.96. The Morgan fingerprint density at radius 1 is 1.23 bits per heavy atom. The van der Waals surface area contributed by atoms with Crippen molar-refractivity contribution in [3.63, 3.8) is 0 Å². The summed E-state index contributed by atoms with van der Waals surface area (Å²) in [4.78, 5) is 14.7. The summed E-state index contributed by atoms with van der Waals surface area (Å²) in [5.74, 6) is 0.175. The molecule has 2 N–H and O–H groups in total. The van der Waals surface area contributed by atoms with Gasteiger partial charge < -0.3 is 19.9 Å². The van der Waals surface area contributed by atoms with Crippen LogP contribution in [0.25, 0.3) is 0 Å². The van der Waals surface area contributed by atoms with Gasteiger partial charge in [0.15, 0.2) is 0 Å². The van der Waals surface area contributed by atoms with Crippen LogP contribution in [0.5, 0.6) is 5.75 Å². The lowest BCUT2D eigenvalue weighted by molar-refractivity contribution is -0.117. The molecule has 0 aromatic heterocycles. The van der Waals surface area contributed by atoms with Crippen molar-refractivity contribution in [2.75, 3.05) is 51.3 Å². The summed E-state index contributed by atoms with van der Waals surface area (Å²) in [7, 11) is -3.69. The zero-order valence-electron chi connectivity index (χ0n) is 17.5. The second-order valence-corrected chi connectivity index (χ2v) is 9.83. The fourth-order valence-electron chi connectivity index (χ4n) is 3.53. The van der Waals surface area contributed by atoms with Crippen LogP contribution in [0.2, 0.25) is 0 Å². The van der Waals surface area contributed by atoms with Gasteiger partial charge in [-0.25, -0.2) is 8.42 Å². The van der Waals surface area contributed by atoms with Crippen LogP contribution in [0.1, 0.15) is 26.7 Å². The number of nitrogens with one attached hydrogen (secondary N) is 1. The molecule has 0 saturated carbocycles. The molecule has 10 heteroatoms. The highest BCUT2D eigenvalue weighted by Gasteiger charge is 2.28. The lowest BCUT2D eigenvalue weighted by atomic mass is 10.1. The van der Waals surface area contributed by atoms with Crippen LogP contribution in [-0.4, -0.2) is 86.8 Å². The maximum Gasteiger partial charge on any atom is 0.243 e. The van der Waals surface area contributed by atoms with Crippen molar-refractivity contribution >= 4 is 21.6 Å². The molecule has 2 aliphatic rings. The van der Waals surface area contributed by atoms with Gasteiger partial charge in [0.1, 0.15) is 5.75 Å². The average Bonchev–Trinajstić information content (AvgIpc) is 2.71. The van der Waals surface area contributed by atoms with E-state index in [1.807, 2.05) is 18.7 Å². The Morgan fingerprint density at radius 3 is 2.53 bits per heavy atom. The molecule has 1 amide bonds. The number of ether oxygens (including phenoxy) is 2. The van der Waals surface area contributed by atoms with E-state index in [1.54, 1.807) is 6.07 Å². The van der Waals surface area contributed by atoms with Gasteiger partial charge in [-0.1, -0.05) is 0 Å². The number of nitrogens with zero attached hydrogens (tertiary/aromatic N) is 2. The number of hydrogen-bond donors (Lipinski definition) is 2. The first-order valence-electron chi connectivity index (χ1n) is 10.3. The predicted octanol–water partition coefficient (Wildman–Crippen LogP) is 0.890. The number of hydrogen-bond acceptors (Lipinski definition) is 7. The van der Waals surface area contributed by atoms with Crippen molar-refractivity contribution in [2.45, 2.75) is 43.8 Å². The molecule has 0 aliphatic carbocycles. The standard InChI is InChI=1S/C20H31N3O6S/c1-15(2)29-19-4-3-17(30(26,27)23-9-11-28-12-10-23)13-18(19)21-20(25)14-22-7-5-16(24)6-8-22/h3-4,13,15-16,24H,5-12,14H2,1-2H3,(H,21,25). The van der Waals surface area contributed by atoms with Crippen molar-refractivity contribution in [2.24, 2.45) is 0 Å². The minimum Gasteiger partial charge on any atom is -0.489 e. The Hall–Kier alpha value is -1.72. The summed E-state index contributed by atoms with van der Waals surface area (Å²) < 4.78 is 38.4. The Labute approximate surface area is 178 Å². The number of amides is 1. The van der Waals surface area contributed by atoms with Crippen LogP contribution in [0.15, 0.2) is 23.1 Å². The lowest BCUT2D eigenvalue weighted by Gasteiger charge is -2.29. The highest BCUT2D eigenvalue weighted by molar-refractivity contribution is 7.89. The minimum atomic E-state index is -3.69. The molecule has 2 heterocycles. The van der Waals surface area contributed by atoms with Gasteiger partial charge in [0.2, 0.25) is 15.9 Å². The molecule has 9 nitrogen and oxygen atoms in total. The maximum atomic E-state index is 13.0. The molecule has 0 radical (unpaired) electrons. The second-order valence-electron chi connectivity index (χ2n) is 7.90. The number of anilines is 1. The van der Waals surface area contributed by atoms with Crippen LogP contribution in [-0.2, 0) is 19.6 Å². The first-order chi connectivity index (χ1) is 14.3. The van der Waals surface area contributed by atoms with E-state index in [-0.39, 0.29) is 29.6 Å². The molecule has 3 rings (SSSR count). The summed E-state index contributed by atoms with van der Waals surface area (Å²) in [5.41, 5.74) is 0.333. The molecular formula is C20H31N3O6S. The molecule has 0 unspecified atom stereocenters. The molecule has 2 aliphatic heterocycles. The molecule has 1 aromatic carbocycles. The largest absolute Gasteiger partial charge is 0.489 e. The number of piperidine rings is 1. The van der Waals surface area contributed by atoms with Crippen LogP contribution in [0, 0.1) is 0 Å². The van der Waals surface area contributed by atoms with E-state index < -0.39 is 10.0 Å². The van der Waals surface area contributed by atoms with E-state index in [0.29, 0.717) is 63.7 Å². The molecule has 2 fully saturated rings.